The molecule has 2 aliphatic carbocycles. The van der Waals surface area contributed by atoms with Crippen molar-refractivity contribution in [2.24, 2.45) is 23.7 Å². The van der Waals surface area contributed by atoms with Crippen molar-refractivity contribution in [2.75, 3.05) is 0 Å². The average molecular weight is 362 g/mol. The minimum atomic E-state index is -4.26. The number of hydrogen-bond donors (Lipinski definition) is 1. The molecule has 8 nitrogen and oxygen atoms in total. The summed E-state index contributed by atoms with van der Waals surface area (Å²) in [6.45, 7) is 1.93. The quantitative estimate of drug-likeness (QED) is 0.551. The highest BCUT2D eigenvalue weighted by Gasteiger charge is 2.70. The standard InChI is InChI=1S/C15H16F2O8/c1-4(15(16,17)14(21)22)23-12(19)8-6-3-7-9(8)13(20)25-11(7)10(6)24-5(2)18/h4,6-11H,3H2,1-2H3,(H,21,22). The van der Waals surface area contributed by atoms with Crippen LogP contribution in [0.15, 0.2) is 0 Å². The van der Waals surface area contributed by atoms with Crippen molar-refractivity contribution in [2.45, 2.75) is 44.5 Å². The summed E-state index contributed by atoms with van der Waals surface area (Å²) in [5.74, 6) is -12.0. The Morgan fingerprint density at radius 3 is 2.52 bits per heavy atom. The summed E-state index contributed by atoms with van der Waals surface area (Å²) in [4.78, 5) is 46.2. The van der Waals surface area contributed by atoms with Gasteiger partial charge in [-0.1, -0.05) is 0 Å². The summed E-state index contributed by atoms with van der Waals surface area (Å²) >= 11 is 0. The molecular weight excluding hydrogens is 346 g/mol. The second-order valence-electron chi connectivity index (χ2n) is 6.60. The molecule has 7 atom stereocenters. The van der Waals surface area contributed by atoms with Crippen LogP contribution in [0.5, 0.6) is 0 Å². The van der Waals surface area contributed by atoms with Gasteiger partial charge in [-0.25, -0.2) is 4.79 Å². The number of carbonyl (C=O) groups is 4. The van der Waals surface area contributed by atoms with Crippen LogP contribution in [0.3, 0.4) is 0 Å². The Morgan fingerprint density at radius 2 is 1.96 bits per heavy atom. The highest BCUT2D eigenvalue weighted by atomic mass is 19.3. The molecule has 3 aliphatic rings. The topological polar surface area (TPSA) is 116 Å². The molecule has 138 valence electrons. The molecule has 2 bridgehead atoms. The molecule has 1 saturated heterocycles. The first-order valence-electron chi connectivity index (χ1n) is 7.75. The van der Waals surface area contributed by atoms with Crippen molar-refractivity contribution >= 4 is 23.9 Å². The third-order valence-corrected chi connectivity index (χ3v) is 5.21. The molecule has 0 amide bonds. The highest BCUT2D eigenvalue weighted by Crippen LogP contribution is 2.59. The summed E-state index contributed by atoms with van der Waals surface area (Å²) in [6.07, 6.45) is -3.33. The lowest BCUT2D eigenvalue weighted by molar-refractivity contribution is -0.195. The molecule has 0 aromatic carbocycles. The number of alkyl halides is 2. The number of aliphatic carboxylic acids is 1. The molecule has 3 rings (SSSR count). The number of carboxylic acid groups (broad SMARTS) is 1. The Balaban J connectivity index is 1.80. The van der Waals surface area contributed by atoms with Crippen molar-refractivity contribution in [3.63, 3.8) is 0 Å². The first kappa shape index (κ1) is 17.6. The average Bonchev–Trinajstić information content (AvgIpc) is 3.09. The fourth-order valence-corrected chi connectivity index (χ4v) is 4.16. The smallest absolute Gasteiger partial charge is 0.378 e. The molecule has 25 heavy (non-hydrogen) atoms. The summed E-state index contributed by atoms with van der Waals surface area (Å²) in [5.41, 5.74) is 0. The summed E-state index contributed by atoms with van der Waals surface area (Å²) < 4.78 is 41.9. The number of halogens is 2. The van der Waals surface area contributed by atoms with Gasteiger partial charge in [0.25, 0.3) is 0 Å². The van der Waals surface area contributed by atoms with Crippen LogP contribution in [0.4, 0.5) is 8.78 Å². The van der Waals surface area contributed by atoms with Gasteiger partial charge in [-0.3, -0.25) is 14.4 Å². The van der Waals surface area contributed by atoms with E-state index in [2.05, 4.69) is 4.74 Å². The van der Waals surface area contributed by atoms with E-state index in [9.17, 15) is 28.0 Å². The molecule has 0 aromatic rings. The van der Waals surface area contributed by atoms with Crippen molar-refractivity contribution in [1.82, 2.24) is 0 Å². The van der Waals surface area contributed by atoms with Crippen molar-refractivity contribution in [1.29, 1.82) is 0 Å². The predicted octanol–water partition coefficient (Wildman–Crippen LogP) is 0.377. The molecular formula is C15H16F2O8. The summed E-state index contributed by atoms with van der Waals surface area (Å²) in [6, 6.07) is 0. The second kappa shape index (κ2) is 5.63. The van der Waals surface area contributed by atoms with Crippen LogP contribution in [-0.4, -0.2) is 53.2 Å². The minimum Gasteiger partial charge on any atom is -0.477 e. The monoisotopic (exact) mass is 362 g/mol. The number of fused-ring (bicyclic) bond motifs is 1. The largest absolute Gasteiger partial charge is 0.477 e. The Hall–Kier alpha value is -2.26. The second-order valence-corrected chi connectivity index (χ2v) is 6.60. The molecule has 7 unspecified atom stereocenters. The summed E-state index contributed by atoms with van der Waals surface area (Å²) in [7, 11) is 0. The van der Waals surface area contributed by atoms with Crippen LogP contribution < -0.4 is 0 Å². The highest BCUT2D eigenvalue weighted by molar-refractivity contribution is 5.86. The maximum Gasteiger partial charge on any atom is 0.378 e. The van der Waals surface area contributed by atoms with Crippen LogP contribution in [0.1, 0.15) is 20.3 Å². The van der Waals surface area contributed by atoms with E-state index in [1.165, 1.54) is 6.92 Å². The third-order valence-electron chi connectivity index (χ3n) is 5.21. The molecule has 3 fully saturated rings. The Labute approximate surface area is 140 Å². The summed E-state index contributed by atoms with van der Waals surface area (Å²) in [5, 5.41) is 8.51. The zero-order chi connectivity index (χ0) is 18.7. The minimum absolute atomic E-state index is 0.352. The van der Waals surface area contributed by atoms with Crippen LogP contribution in [0.2, 0.25) is 0 Å². The van der Waals surface area contributed by atoms with E-state index in [-0.39, 0.29) is 5.92 Å². The van der Waals surface area contributed by atoms with Crippen LogP contribution in [0, 0.1) is 23.7 Å². The molecule has 1 N–H and O–H groups in total. The van der Waals surface area contributed by atoms with Crippen LogP contribution in [0.25, 0.3) is 0 Å². The van der Waals surface area contributed by atoms with Gasteiger partial charge in [0.05, 0.1) is 11.8 Å². The fraction of sp³-hybridized carbons (Fsp3) is 0.733. The first-order chi connectivity index (χ1) is 11.6. The van der Waals surface area contributed by atoms with Gasteiger partial charge in [0.2, 0.25) is 0 Å². The maximum absolute atomic E-state index is 13.4. The van der Waals surface area contributed by atoms with E-state index in [0.29, 0.717) is 6.42 Å². The number of esters is 3. The number of carbonyl (C=O) groups excluding carboxylic acids is 3. The van der Waals surface area contributed by atoms with E-state index in [0.717, 1.165) is 6.92 Å². The van der Waals surface area contributed by atoms with E-state index < -0.39 is 65.9 Å². The lowest BCUT2D eigenvalue weighted by Gasteiger charge is -2.31. The van der Waals surface area contributed by atoms with Crippen LogP contribution >= 0.6 is 0 Å². The molecule has 0 radical (unpaired) electrons. The van der Waals surface area contributed by atoms with E-state index in [4.69, 9.17) is 14.6 Å². The van der Waals surface area contributed by atoms with E-state index in [1.54, 1.807) is 0 Å². The van der Waals surface area contributed by atoms with Gasteiger partial charge in [-0.05, 0) is 13.3 Å². The SMILES string of the molecule is CC(=O)OC1C2CC3C1OC(=O)C3C2C(=O)OC(C)C(F)(F)C(=O)O. The van der Waals surface area contributed by atoms with Crippen LogP contribution in [-0.2, 0) is 33.4 Å². The lowest BCUT2D eigenvalue weighted by atomic mass is 9.78. The number of ether oxygens (including phenoxy) is 3. The van der Waals surface area contributed by atoms with E-state index >= 15 is 0 Å². The van der Waals surface area contributed by atoms with Crippen molar-refractivity contribution in [3.05, 3.63) is 0 Å². The van der Waals surface area contributed by atoms with Gasteiger partial charge >= 0.3 is 29.8 Å². The number of rotatable bonds is 5. The van der Waals surface area contributed by atoms with Gasteiger partial charge in [0, 0.05) is 18.8 Å². The molecule has 0 spiro atoms. The van der Waals surface area contributed by atoms with E-state index in [1.807, 2.05) is 0 Å². The Kier molecular flexibility index (Phi) is 3.96. The zero-order valence-electron chi connectivity index (χ0n) is 13.3. The predicted molar refractivity (Wildman–Crippen MR) is 72.1 cm³/mol. The van der Waals surface area contributed by atoms with Gasteiger partial charge < -0.3 is 19.3 Å². The molecule has 0 aromatic heterocycles. The number of hydrogen-bond acceptors (Lipinski definition) is 7. The van der Waals surface area contributed by atoms with Gasteiger partial charge in [0.1, 0.15) is 12.2 Å². The molecule has 1 aliphatic heterocycles. The Morgan fingerprint density at radius 1 is 1.32 bits per heavy atom. The lowest BCUT2D eigenvalue weighted by Crippen LogP contribution is -2.47. The third kappa shape index (κ3) is 2.54. The number of carboxylic acids is 1. The van der Waals surface area contributed by atoms with Gasteiger partial charge in [-0.15, -0.1) is 0 Å². The zero-order valence-corrected chi connectivity index (χ0v) is 13.3. The normalized spacial score (nSPS) is 36.7. The first-order valence-corrected chi connectivity index (χ1v) is 7.75. The molecule has 2 saturated carbocycles. The van der Waals surface area contributed by atoms with Gasteiger partial charge in [-0.2, -0.15) is 8.78 Å². The fourth-order valence-electron chi connectivity index (χ4n) is 4.16. The van der Waals surface area contributed by atoms with Crippen molar-refractivity contribution in [3.8, 4) is 0 Å². The molecule has 10 heteroatoms. The van der Waals surface area contributed by atoms with Gasteiger partial charge in [0.15, 0.2) is 6.10 Å². The van der Waals surface area contributed by atoms with Crippen molar-refractivity contribution < 1.29 is 47.3 Å². The maximum atomic E-state index is 13.4. The molecule has 1 heterocycles. The Bertz CT molecular complexity index is 647.